The van der Waals surface area contributed by atoms with Crippen LogP contribution in [-0.4, -0.2) is 90.6 Å². The van der Waals surface area contributed by atoms with E-state index >= 15 is 0 Å². The standard InChI is InChI=1S/C21H37N5O5/c1-24(2)11-6-10-22-21(30)23-19(28)18-9-5-12-26(18)20(29)17(14-25(31)15-27)13-16-7-3-4-8-16/h15-18,31H,3-14H2,1-2H3,(H2,22,23,28,30)/t17-,18+/m1/s1. The SMILES string of the molecule is CN(C)CCCNC(=O)NC(=O)[C@@H]1CCCN1C(=O)[C@H](CC1CCCC1)CN(O)C=O. The second-order valence-electron chi connectivity index (χ2n) is 8.90. The fraction of sp³-hybridized carbons (Fsp3) is 0.810. The molecule has 0 aromatic rings. The Balaban J connectivity index is 1.93. The molecular formula is C21H37N5O5. The molecule has 0 radical (unpaired) electrons. The molecule has 2 aliphatic rings. The van der Waals surface area contributed by atoms with E-state index in [-0.39, 0.29) is 12.5 Å². The molecule has 1 saturated carbocycles. The average molecular weight is 440 g/mol. The van der Waals surface area contributed by atoms with E-state index in [0.717, 1.165) is 38.6 Å². The van der Waals surface area contributed by atoms with E-state index in [9.17, 15) is 24.4 Å². The third-order valence-electron chi connectivity index (χ3n) is 6.11. The predicted molar refractivity (Wildman–Crippen MR) is 114 cm³/mol. The molecule has 3 N–H and O–H groups in total. The van der Waals surface area contributed by atoms with Crippen molar-refractivity contribution in [2.75, 3.05) is 40.3 Å². The Kier molecular flexibility index (Phi) is 10.2. The highest BCUT2D eigenvalue weighted by atomic mass is 16.5. The molecule has 0 bridgehead atoms. The number of imide groups is 1. The highest BCUT2D eigenvalue weighted by molar-refractivity contribution is 5.99. The highest BCUT2D eigenvalue weighted by Gasteiger charge is 2.39. The van der Waals surface area contributed by atoms with E-state index in [1.807, 2.05) is 19.0 Å². The number of urea groups is 1. The van der Waals surface area contributed by atoms with Gasteiger partial charge in [0.15, 0.2) is 0 Å². The molecule has 1 aliphatic carbocycles. The average Bonchev–Trinajstić information content (AvgIpc) is 3.41. The third kappa shape index (κ3) is 8.10. The number of nitrogens with one attached hydrogen (secondary N) is 2. The summed E-state index contributed by atoms with van der Waals surface area (Å²) in [5, 5.41) is 15.2. The number of hydrogen-bond acceptors (Lipinski definition) is 6. The van der Waals surface area contributed by atoms with Gasteiger partial charge < -0.3 is 15.1 Å². The lowest BCUT2D eigenvalue weighted by Crippen LogP contribution is -2.52. The van der Waals surface area contributed by atoms with Crippen LogP contribution in [0.2, 0.25) is 0 Å². The molecule has 2 rings (SSSR count). The van der Waals surface area contributed by atoms with Crippen LogP contribution in [0, 0.1) is 11.8 Å². The van der Waals surface area contributed by atoms with Crippen LogP contribution in [-0.2, 0) is 14.4 Å². The quantitative estimate of drug-likeness (QED) is 0.189. The number of carbonyl (C=O) groups excluding carboxylic acids is 4. The van der Waals surface area contributed by atoms with Crippen LogP contribution in [0.15, 0.2) is 0 Å². The van der Waals surface area contributed by atoms with E-state index < -0.39 is 23.9 Å². The first-order chi connectivity index (χ1) is 14.8. The summed E-state index contributed by atoms with van der Waals surface area (Å²) in [6.07, 6.45) is 7.12. The van der Waals surface area contributed by atoms with Gasteiger partial charge in [-0.3, -0.25) is 24.9 Å². The second-order valence-corrected chi connectivity index (χ2v) is 8.90. The van der Waals surface area contributed by atoms with E-state index in [2.05, 4.69) is 10.6 Å². The molecule has 5 amide bonds. The number of carbonyl (C=O) groups is 4. The summed E-state index contributed by atoms with van der Waals surface area (Å²) in [6.45, 7) is 1.61. The van der Waals surface area contributed by atoms with Crippen LogP contribution in [0.25, 0.3) is 0 Å². The second kappa shape index (κ2) is 12.6. The summed E-state index contributed by atoms with van der Waals surface area (Å²) in [5.74, 6) is -0.910. The van der Waals surface area contributed by atoms with Gasteiger partial charge in [0.25, 0.3) is 5.91 Å². The van der Waals surface area contributed by atoms with Crippen molar-refractivity contribution in [2.24, 2.45) is 11.8 Å². The Morgan fingerprint density at radius 1 is 1.16 bits per heavy atom. The van der Waals surface area contributed by atoms with Gasteiger partial charge in [0, 0.05) is 13.1 Å². The van der Waals surface area contributed by atoms with Crippen LogP contribution in [0.1, 0.15) is 51.4 Å². The highest BCUT2D eigenvalue weighted by Crippen LogP contribution is 2.32. The monoisotopic (exact) mass is 439 g/mol. The molecule has 1 heterocycles. The Morgan fingerprint density at radius 3 is 2.52 bits per heavy atom. The van der Waals surface area contributed by atoms with Crippen molar-refractivity contribution in [3.8, 4) is 0 Å². The molecule has 176 valence electrons. The van der Waals surface area contributed by atoms with Crippen LogP contribution in [0.5, 0.6) is 0 Å². The minimum absolute atomic E-state index is 0.0873. The summed E-state index contributed by atoms with van der Waals surface area (Å²) in [5.41, 5.74) is 0. The van der Waals surface area contributed by atoms with E-state index in [1.54, 1.807) is 0 Å². The summed E-state index contributed by atoms with van der Waals surface area (Å²) in [6, 6.07) is -1.28. The number of likely N-dealkylation sites (tertiary alicyclic amines) is 1. The van der Waals surface area contributed by atoms with Crippen molar-refractivity contribution in [3.63, 3.8) is 0 Å². The number of amides is 5. The first-order valence-corrected chi connectivity index (χ1v) is 11.3. The Labute approximate surface area is 184 Å². The summed E-state index contributed by atoms with van der Waals surface area (Å²) in [4.78, 5) is 52.4. The summed E-state index contributed by atoms with van der Waals surface area (Å²) >= 11 is 0. The van der Waals surface area contributed by atoms with E-state index in [1.165, 1.54) is 4.90 Å². The molecule has 31 heavy (non-hydrogen) atoms. The fourth-order valence-electron chi connectivity index (χ4n) is 4.54. The molecule has 0 spiro atoms. The van der Waals surface area contributed by atoms with Gasteiger partial charge in [0.05, 0.1) is 12.5 Å². The number of hydroxylamine groups is 2. The molecular weight excluding hydrogens is 402 g/mol. The van der Waals surface area contributed by atoms with Crippen LogP contribution < -0.4 is 10.6 Å². The van der Waals surface area contributed by atoms with Gasteiger partial charge >= 0.3 is 6.03 Å². The molecule has 0 aromatic carbocycles. The molecule has 10 heteroatoms. The van der Waals surface area contributed by atoms with E-state index in [4.69, 9.17) is 0 Å². The zero-order chi connectivity index (χ0) is 22.8. The van der Waals surface area contributed by atoms with Crippen molar-refractivity contribution in [1.29, 1.82) is 0 Å². The first kappa shape index (κ1) is 25.1. The van der Waals surface area contributed by atoms with Crippen molar-refractivity contribution < 1.29 is 24.4 Å². The van der Waals surface area contributed by atoms with Gasteiger partial charge in [0.1, 0.15) is 6.04 Å². The predicted octanol–water partition coefficient (Wildman–Crippen LogP) is 0.799. The molecule has 2 atom stereocenters. The van der Waals surface area contributed by atoms with Gasteiger partial charge in [-0.2, -0.15) is 0 Å². The lowest BCUT2D eigenvalue weighted by molar-refractivity contribution is -0.158. The lowest BCUT2D eigenvalue weighted by atomic mass is 9.91. The zero-order valence-corrected chi connectivity index (χ0v) is 18.7. The molecule has 1 saturated heterocycles. The summed E-state index contributed by atoms with van der Waals surface area (Å²) < 4.78 is 0. The van der Waals surface area contributed by atoms with Crippen molar-refractivity contribution in [3.05, 3.63) is 0 Å². The third-order valence-corrected chi connectivity index (χ3v) is 6.11. The number of nitrogens with zero attached hydrogens (tertiary/aromatic N) is 3. The molecule has 0 aromatic heterocycles. The van der Waals surface area contributed by atoms with E-state index in [0.29, 0.717) is 49.7 Å². The first-order valence-electron chi connectivity index (χ1n) is 11.3. The Morgan fingerprint density at radius 2 is 1.87 bits per heavy atom. The smallest absolute Gasteiger partial charge is 0.321 e. The lowest BCUT2D eigenvalue weighted by Gasteiger charge is -2.30. The van der Waals surface area contributed by atoms with Gasteiger partial charge in [-0.1, -0.05) is 25.7 Å². The number of hydrogen-bond donors (Lipinski definition) is 3. The minimum Gasteiger partial charge on any atom is -0.338 e. The maximum Gasteiger partial charge on any atom is 0.321 e. The normalized spacial score (nSPS) is 20.0. The maximum absolute atomic E-state index is 13.2. The van der Waals surface area contributed by atoms with Crippen molar-refractivity contribution >= 4 is 24.3 Å². The van der Waals surface area contributed by atoms with Crippen LogP contribution >= 0.6 is 0 Å². The maximum atomic E-state index is 13.2. The summed E-state index contributed by atoms with van der Waals surface area (Å²) in [7, 11) is 3.89. The zero-order valence-electron chi connectivity index (χ0n) is 18.7. The minimum atomic E-state index is -0.713. The van der Waals surface area contributed by atoms with Crippen LogP contribution in [0.3, 0.4) is 0 Å². The Bertz CT molecular complexity index is 623. The van der Waals surface area contributed by atoms with Gasteiger partial charge in [-0.25, -0.2) is 9.86 Å². The van der Waals surface area contributed by atoms with Crippen molar-refractivity contribution in [2.45, 2.75) is 57.4 Å². The van der Waals surface area contributed by atoms with Crippen molar-refractivity contribution in [1.82, 2.24) is 25.5 Å². The van der Waals surface area contributed by atoms with Gasteiger partial charge in [-0.05, 0) is 52.2 Å². The molecule has 0 unspecified atom stereocenters. The molecule has 1 aliphatic heterocycles. The fourth-order valence-corrected chi connectivity index (χ4v) is 4.54. The Hall–Kier alpha value is -2.20. The molecule has 2 fully saturated rings. The topological polar surface area (TPSA) is 122 Å². The largest absolute Gasteiger partial charge is 0.338 e. The molecule has 10 nitrogen and oxygen atoms in total. The number of rotatable bonds is 11. The van der Waals surface area contributed by atoms with Gasteiger partial charge in [-0.15, -0.1) is 0 Å². The van der Waals surface area contributed by atoms with Gasteiger partial charge in [0.2, 0.25) is 12.3 Å². The van der Waals surface area contributed by atoms with Crippen LogP contribution in [0.4, 0.5) is 4.79 Å².